The smallest absolute Gasteiger partial charge is 0.234 e. The normalized spacial score (nSPS) is 22.5. The van der Waals surface area contributed by atoms with Crippen LogP contribution in [0.25, 0.3) is 0 Å². The van der Waals surface area contributed by atoms with Crippen LogP contribution in [-0.2, 0) is 4.79 Å². The van der Waals surface area contributed by atoms with E-state index in [-0.39, 0.29) is 5.91 Å². The first-order chi connectivity index (χ1) is 8.97. The van der Waals surface area contributed by atoms with Gasteiger partial charge in [-0.25, -0.2) is 0 Å². The topological polar surface area (TPSA) is 44.4 Å². The molecule has 0 aromatic carbocycles. The van der Waals surface area contributed by atoms with Crippen molar-refractivity contribution in [2.24, 2.45) is 5.92 Å². The predicted octanol–water partition coefficient (Wildman–Crippen LogP) is 1.61. The second-order valence-electron chi connectivity index (χ2n) is 6.38. The largest absolute Gasteiger partial charge is 0.353 e. The number of hydrogen-bond acceptors (Lipinski definition) is 3. The Labute approximate surface area is 118 Å². The van der Waals surface area contributed by atoms with Crippen molar-refractivity contribution in [2.75, 3.05) is 26.2 Å². The third kappa shape index (κ3) is 7.53. The van der Waals surface area contributed by atoms with Crippen molar-refractivity contribution in [2.45, 2.75) is 59.0 Å². The van der Waals surface area contributed by atoms with Crippen LogP contribution in [-0.4, -0.2) is 49.1 Å². The van der Waals surface area contributed by atoms with E-state index in [4.69, 9.17) is 0 Å². The van der Waals surface area contributed by atoms with Crippen LogP contribution in [0.3, 0.4) is 0 Å². The maximum atomic E-state index is 12.0. The number of nitrogens with zero attached hydrogens (tertiary/aromatic N) is 1. The van der Waals surface area contributed by atoms with Gasteiger partial charge in [-0.1, -0.05) is 26.7 Å². The Bertz CT molecular complexity index is 268. The lowest BCUT2D eigenvalue weighted by Gasteiger charge is -2.31. The first-order valence-electron chi connectivity index (χ1n) is 7.72. The molecule has 0 radical (unpaired) electrons. The van der Waals surface area contributed by atoms with Gasteiger partial charge in [0.1, 0.15) is 0 Å². The van der Waals surface area contributed by atoms with Crippen molar-refractivity contribution in [3.8, 4) is 0 Å². The Hall–Kier alpha value is -0.610. The third-order valence-corrected chi connectivity index (χ3v) is 3.65. The standard InChI is InChI=1S/C15H31N3O/c1-12(2)6-5-7-13(3)17-15(19)11-18-9-8-16-14(4)10-18/h12-14,16H,5-11H2,1-4H3,(H,17,19). The summed E-state index contributed by atoms with van der Waals surface area (Å²) in [6, 6.07) is 0.789. The van der Waals surface area contributed by atoms with Gasteiger partial charge in [-0.15, -0.1) is 0 Å². The minimum Gasteiger partial charge on any atom is -0.353 e. The second kappa shape index (κ2) is 8.54. The molecule has 1 rings (SSSR count). The number of nitrogens with one attached hydrogen (secondary N) is 2. The molecule has 1 aliphatic heterocycles. The molecule has 1 aliphatic rings. The zero-order valence-electron chi connectivity index (χ0n) is 13.0. The van der Waals surface area contributed by atoms with Crippen LogP contribution in [0.15, 0.2) is 0 Å². The van der Waals surface area contributed by atoms with E-state index in [1.54, 1.807) is 0 Å². The summed E-state index contributed by atoms with van der Waals surface area (Å²) in [5.41, 5.74) is 0. The summed E-state index contributed by atoms with van der Waals surface area (Å²) in [7, 11) is 0. The Morgan fingerprint density at radius 2 is 2.11 bits per heavy atom. The maximum absolute atomic E-state index is 12.0. The van der Waals surface area contributed by atoms with Gasteiger partial charge < -0.3 is 10.6 Å². The molecule has 4 heteroatoms. The molecule has 112 valence electrons. The molecule has 0 aromatic rings. The fourth-order valence-corrected chi connectivity index (χ4v) is 2.58. The summed E-state index contributed by atoms with van der Waals surface area (Å²) in [6.07, 6.45) is 3.53. The molecule has 0 saturated carbocycles. The van der Waals surface area contributed by atoms with Crippen LogP contribution in [0.4, 0.5) is 0 Å². The molecule has 4 nitrogen and oxygen atoms in total. The quantitative estimate of drug-likeness (QED) is 0.738. The number of carbonyl (C=O) groups is 1. The summed E-state index contributed by atoms with van der Waals surface area (Å²) in [5, 5.41) is 6.51. The predicted molar refractivity (Wildman–Crippen MR) is 80.2 cm³/mol. The Morgan fingerprint density at radius 3 is 2.74 bits per heavy atom. The van der Waals surface area contributed by atoms with Gasteiger partial charge >= 0.3 is 0 Å². The van der Waals surface area contributed by atoms with Crippen LogP contribution in [0, 0.1) is 5.92 Å². The zero-order chi connectivity index (χ0) is 14.3. The minimum absolute atomic E-state index is 0.172. The lowest BCUT2D eigenvalue weighted by atomic mass is 10.0. The molecule has 0 spiro atoms. The highest BCUT2D eigenvalue weighted by atomic mass is 16.2. The molecule has 2 N–H and O–H groups in total. The monoisotopic (exact) mass is 269 g/mol. The summed E-state index contributed by atoms with van der Waals surface area (Å²) >= 11 is 0. The molecular weight excluding hydrogens is 238 g/mol. The van der Waals surface area contributed by atoms with E-state index in [1.807, 2.05) is 0 Å². The van der Waals surface area contributed by atoms with Gasteiger partial charge in [-0.05, 0) is 26.2 Å². The fraction of sp³-hybridized carbons (Fsp3) is 0.933. The highest BCUT2D eigenvalue weighted by Crippen LogP contribution is 2.08. The molecule has 2 atom stereocenters. The third-order valence-electron chi connectivity index (χ3n) is 3.65. The Kier molecular flexibility index (Phi) is 7.39. The number of hydrogen-bond donors (Lipinski definition) is 2. The Balaban J connectivity index is 2.15. The van der Waals surface area contributed by atoms with Crippen LogP contribution >= 0.6 is 0 Å². The average molecular weight is 269 g/mol. The van der Waals surface area contributed by atoms with E-state index < -0.39 is 0 Å². The highest BCUT2D eigenvalue weighted by Gasteiger charge is 2.18. The molecule has 1 fully saturated rings. The van der Waals surface area contributed by atoms with E-state index >= 15 is 0 Å². The number of piperazine rings is 1. The van der Waals surface area contributed by atoms with Gasteiger partial charge in [0, 0.05) is 31.7 Å². The molecular formula is C15H31N3O. The fourth-order valence-electron chi connectivity index (χ4n) is 2.58. The van der Waals surface area contributed by atoms with Crippen LogP contribution < -0.4 is 10.6 Å². The van der Waals surface area contributed by atoms with Crippen LogP contribution in [0.2, 0.25) is 0 Å². The number of amides is 1. The van der Waals surface area contributed by atoms with Crippen LogP contribution in [0.1, 0.15) is 47.0 Å². The van der Waals surface area contributed by atoms with Crippen LogP contribution in [0.5, 0.6) is 0 Å². The molecule has 1 amide bonds. The summed E-state index contributed by atoms with van der Waals surface area (Å²) in [4.78, 5) is 14.2. The van der Waals surface area contributed by atoms with Gasteiger partial charge in [-0.3, -0.25) is 9.69 Å². The Morgan fingerprint density at radius 1 is 1.37 bits per heavy atom. The first kappa shape index (κ1) is 16.4. The summed E-state index contributed by atoms with van der Waals surface area (Å²) in [5.74, 6) is 0.927. The molecule has 2 unspecified atom stereocenters. The lowest BCUT2D eigenvalue weighted by molar-refractivity contribution is -0.123. The van der Waals surface area contributed by atoms with Gasteiger partial charge in [0.2, 0.25) is 5.91 Å². The first-order valence-corrected chi connectivity index (χ1v) is 7.72. The van der Waals surface area contributed by atoms with Gasteiger partial charge in [0.05, 0.1) is 6.54 Å². The minimum atomic E-state index is 0.172. The molecule has 0 bridgehead atoms. The molecule has 1 heterocycles. The molecule has 0 aliphatic carbocycles. The summed E-state index contributed by atoms with van der Waals surface area (Å²) in [6.45, 7) is 12.2. The number of rotatable bonds is 7. The van der Waals surface area contributed by atoms with E-state index in [9.17, 15) is 4.79 Å². The van der Waals surface area contributed by atoms with Crippen molar-refractivity contribution in [1.29, 1.82) is 0 Å². The van der Waals surface area contributed by atoms with Gasteiger partial charge in [-0.2, -0.15) is 0 Å². The molecule has 0 aromatic heterocycles. The zero-order valence-corrected chi connectivity index (χ0v) is 13.0. The van der Waals surface area contributed by atoms with Gasteiger partial charge in [0.25, 0.3) is 0 Å². The van der Waals surface area contributed by atoms with Crippen molar-refractivity contribution < 1.29 is 4.79 Å². The average Bonchev–Trinajstić information content (AvgIpc) is 2.27. The van der Waals surface area contributed by atoms with E-state index in [1.165, 1.54) is 12.8 Å². The van der Waals surface area contributed by atoms with E-state index in [0.717, 1.165) is 32.0 Å². The second-order valence-corrected chi connectivity index (χ2v) is 6.38. The lowest BCUT2D eigenvalue weighted by Crippen LogP contribution is -2.52. The number of carbonyl (C=O) groups excluding carboxylic acids is 1. The van der Waals surface area contributed by atoms with E-state index in [0.29, 0.717) is 18.6 Å². The van der Waals surface area contributed by atoms with Crippen molar-refractivity contribution in [1.82, 2.24) is 15.5 Å². The van der Waals surface area contributed by atoms with Crippen molar-refractivity contribution >= 4 is 5.91 Å². The maximum Gasteiger partial charge on any atom is 0.234 e. The van der Waals surface area contributed by atoms with E-state index in [2.05, 4.69) is 43.2 Å². The molecule has 19 heavy (non-hydrogen) atoms. The SMILES string of the molecule is CC(C)CCCC(C)NC(=O)CN1CCNC(C)C1. The van der Waals surface area contributed by atoms with Crippen molar-refractivity contribution in [3.05, 3.63) is 0 Å². The summed E-state index contributed by atoms with van der Waals surface area (Å²) < 4.78 is 0. The van der Waals surface area contributed by atoms with Gasteiger partial charge in [0.15, 0.2) is 0 Å². The van der Waals surface area contributed by atoms with Crippen molar-refractivity contribution in [3.63, 3.8) is 0 Å². The highest BCUT2D eigenvalue weighted by molar-refractivity contribution is 5.78. The molecule has 1 saturated heterocycles.